The number of hydrogen-bond acceptors (Lipinski definition) is 5. The maximum atomic E-state index is 12.8. The first-order chi connectivity index (χ1) is 21.1. The van der Waals surface area contributed by atoms with E-state index in [1.807, 2.05) is 146 Å². The lowest BCUT2D eigenvalue weighted by Crippen LogP contribution is -2.33. The van der Waals surface area contributed by atoms with Crippen LogP contribution in [0, 0.1) is 0 Å². The van der Waals surface area contributed by atoms with E-state index in [2.05, 4.69) is 0 Å². The summed E-state index contributed by atoms with van der Waals surface area (Å²) in [6, 6.07) is 47.3. The minimum Gasteiger partial charge on any atom is -0.457 e. The third kappa shape index (κ3) is 4.00. The smallest absolute Gasteiger partial charge is 0.146 e. The van der Waals surface area contributed by atoms with Crippen molar-refractivity contribution in [3.8, 4) is 11.5 Å². The molecule has 0 aromatic heterocycles. The number of hydrogen-bond donors (Lipinski definition) is 2. The molecule has 6 aromatic carbocycles. The van der Waals surface area contributed by atoms with Crippen LogP contribution in [0.2, 0.25) is 0 Å². The van der Waals surface area contributed by atoms with Gasteiger partial charge in [-0.1, -0.05) is 133 Å². The fourth-order valence-corrected chi connectivity index (χ4v) is 8.72. The molecule has 2 heterocycles. The van der Waals surface area contributed by atoms with Gasteiger partial charge in [-0.15, -0.1) is 0 Å². The summed E-state index contributed by atoms with van der Waals surface area (Å²) >= 11 is 3.32. The molecule has 2 aliphatic rings. The second-order valence-corrected chi connectivity index (χ2v) is 12.9. The normalized spacial score (nSPS) is 15.4. The largest absolute Gasteiger partial charge is 0.457 e. The number of para-hydroxylation sites is 2. The zero-order valence-electron chi connectivity index (χ0n) is 23.0. The second kappa shape index (κ2) is 10.2. The maximum Gasteiger partial charge on any atom is 0.146 e. The van der Waals surface area contributed by atoms with Crippen LogP contribution in [0.3, 0.4) is 0 Å². The minimum atomic E-state index is -1.44. The first-order valence-electron chi connectivity index (χ1n) is 14.1. The van der Waals surface area contributed by atoms with E-state index < -0.39 is 11.2 Å². The molecule has 0 unspecified atom stereocenters. The molecule has 0 saturated heterocycles. The number of rotatable bonds is 4. The number of aliphatic hydroxyl groups is 2. The summed E-state index contributed by atoms with van der Waals surface area (Å²) in [5.41, 5.74) is 1.64. The molecule has 43 heavy (non-hydrogen) atoms. The Morgan fingerprint density at radius 3 is 0.930 bits per heavy atom. The predicted octanol–water partition coefficient (Wildman–Crippen LogP) is 8.98. The van der Waals surface area contributed by atoms with Crippen molar-refractivity contribution in [2.75, 3.05) is 0 Å². The monoisotopic (exact) mass is 594 g/mol. The fraction of sp³-hybridized carbons (Fsp3) is 0.0526. The predicted molar refractivity (Wildman–Crippen MR) is 171 cm³/mol. The van der Waals surface area contributed by atoms with Gasteiger partial charge >= 0.3 is 0 Å². The van der Waals surface area contributed by atoms with Crippen molar-refractivity contribution in [1.82, 2.24) is 0 Å². The SMILES string of the molecule is OC1(c2ccccc2Oc2ccccc2C2(O)c3ccccc3Sc3ccccc32)c2ccccc2Sc2ccccc21. The highest BCUT2D eigenvalue weighted by molar-refractivity contribution is 7.99. The zero-order chi connectivity index (χ0) is 29.0. The summed E-state index contributed by atoms with van der Waals surface area (Å²) in [6.07, 6.45) is 0. The molecule has 0 radical (unpaired) electrons. The molecule has 0 amide bonds. The van der Waals surface area contributed by atoms with E-state index in [0.29, 0.717) is 22.6 Å². The maximum absolute atomic E-state index is 12.8. The van der Waals surface area contributed by atoms with Crippen molar-refractivity contribution in [2.24, 2.45) is 0 Å². The summed E-state index contributed by atoms with van der Waals surface area (Å²) in [7, 11) is 0. The lowest BCUT2D eigenvalue weighted by molar-refractivity contribution is 0.112. The van der Waals surface area contributed by atoms with E-state index in [9.17, 15) is 10.2 Å². The van der Waals surface area contributed by atoms with Crippen LogP contribution in [0.5, 0.6) is 11.5 Å². The van der Waals surface area contributed by atoms with Crippen molar-refractivity contribution in [1.29, 1.82) is 0 Å². The van der Waals surface area contributed by atoms with Gasteiger partial charge in [0, 0.05) is 53.0 Å². The summed E-state index contributed by atoms with van der Waals surface area (Å²) in [4.78, 5) is 4.00. The molecule has 0 saturated carbocycles. The molecule has 2 aliphatic heterocycles. The van der Waals surface area contributed by atoms with Crippen LogP contribution in [-0.2, 0) is 11.2 Å². The lowest BCUT2D eigenvalue weighted by Gasteiger charge is -2.38. The second-order valence-electron chi connectivity index (χ2n) is 10.7. The van der Waals surface area contributed by atoms with Crippen molar-refractivity contribution in [2.45, 2.75) is 30.8 Å². The van der Waals surface area contributed by atoms with Gasteiger partial charge in [-0.05, 0) is 36.4 Å². The zero-order valence-corrected chi connectivity index (χ0v) is 24.6. The van der Waals surface area contributed by atoms with Crippen LogP contribution in [0.1, 0.15) is 33.4 Å². The fourth-order valence-electron chi connectivity index (χ4n) is 6.35. The Labute approximate surface area is 258 Å². The van der Waals surface area contributed by atoms with Gasteiger partial charge in [-0.2, -0.15) is 0 Å². The van der Waals surface area contributed by atoms with Crippen LogP contribution < -0.4 is 4.74 Å². The van der Waals surface area contributed by atoms with Crippen LogP contribution in [0.4, 0.5) is 0 Å². The summed E-state index contributed by atoms with van der Waals surface area (Å²) in [6.45, 7) is 0. The van der Waals surface area contributed by atoms with Crippen LogP contribution in [-0.4, -0.2) is 10.2 Å². The molecular weight excluding hydrogens is 569 g/mol. The molecule has 3 nitrogen and oxygen atoms in total. The van der Waals surface area contributed by atoms with Gasteiger partial charge in [-0.3, -0.25) is 0 Å². The van der Waals surface area contributed by atoms with E-state index in [1.165, 1.54) is 0 Å². The molecular formula is C38H26O3S2. The molecule has 0 fully saturated rings. The molecule has 0 spiro atoms. The lowest BCUT2D eigenvalue weighted by atomic mass is 9.79. The third-order valence-electron chi connectivity index (χ3n) is 8.32. The van der Waals surface area contributed by atoms with Gasteiger partial charge in [0.05, 0.1) is 0 Å². The molecule has 2 N–H and O–H groups in total. The molecule has 208 valence electrons. The summed E-state index contributed by atoms with van der Waals surface area (Å²) in [5, 5.41) is 25.6. The van der Waals surface area contributed by atoms with Crippen molar-refractivity contribution < 1.29 is 14.9 Å². The van der Waals surface area contributed by atoms with E-state index in [4.69, 9.17) is 4.74 Å². The van der Waals surface area contributed by atoms with Gasteiger partial charge < -0.3 is 14.9 Å². The third-order valence-corrected chi connectivity index (χ3v) is 10.6. The molecule has 0 atom stereocenters. The molecule has 8 rings (SSSR count). The quantitative estimate of drug-likeness (QED) is 0.213. The molecule has 5 heteroatoms. The highest BCUT2D eigenvalue weighted by Crippen LogP contribution is 2.55. The number of ether oxygens (including phenoxy) is 1. The Hall–Kier alpha value is -4.26. The molecule has 0 aliphatic carbocycles. The Balaban J connectivity index is 1.32. The Bertz CT molecular complexity index is 1780. The van der Waals surface area contributed by atoms with Gasteiger partial charge in [0.15, 0.2) is 0 Å². The van der Waals surface area contributed by atoms with Gasteiger partial charge in [0.25, 0.3) is 0 Å². The minimum absolute atomic E-state index is 0.518. The topological polar surface area (TPSA) is 49.7 Å². The Kier molecular flexibility index (Phi) is 6.24. The van der Waals surface area contributed by atoms with E-state index in [1.54, 1.807) is 23.5 Å². The van der Waals surface area contributed by atoms with Crippen LogP contribution in [0.25, 0.3) is 0 Å². The van der Waals surface area contributed by atoms with Crippen molar-refractivity contribution in [3.05, 3.63) is 179 Å². The first-order valence-corrected chi connectivity index (χ1v) is 15.8. The van der Waals surface area contributed by atoms with Crippen molar-refractivity contribution in [3.63, 3.8) is 0 Å². The number of benzene rings is 6. The Morgan fingerprint density at radius 1 is 0.349 bits per heavy atom. The van der Waals surface area contributed by atoms with Gasteiger partial charge in [0.1, 0.15) is 22.7 Å². The van der Waals surface area contributed by atoms with Crippen molar-refractivity contribution >= 4 is 23.5 Å². The van der Waals surface area contributed by atoms with Crippen LogP contribution >= 0.6 is 23.5 Å². The number of fused-ring (bicyclic) bond motifs is 4. The van der Waals surface area contributed by atoms with Gasteiger partial charge in [0.2, 0.25) is 0 Å². The average Bonchev–Trinajstić information content (AvgIpc) is 3.05. The van der Waals surface area contributed by atoms with Crippen LogP contribution in [0.15, 0.2) is 165 Å². The highest BCUT2D eigenvalue weighted by atomic mass is 32.2. The molecule has 6 aromatic rings. The van der Waals surface area contributed by atoms with E-state index in [0.717, 1.165) is 41.8 Å². The van der Waals surface area contributed by atoms with E-state index >= 15 is 0 Å². The first kappa shape index (κ1) is 26.4. The molecule has 0 bridgehead atoms. The van der Waals surface area contributed by atoms with E-state index in [-0.39, 0.29) is 0 Å². The summed E-state index contributed by atoms with van der Waals surface area (Å²) in [5.74, 6) is 1.04. The Morgan fingerprint density at radius 2 is 0.605 bits per heavy atom. The summed E-state index contributed by atoms with van der Waals surface area (Å²) < 4.78 is 6.80. The average molecular weight is 595 g/mol. The standard InChI is InChI=1S/C38H26O3S2/c39-37(27-15-3-9-21-33(27)42-34-22-10-4-16-28(34)37)25-13-1-7-19-31(25)41-32-20-8-2-14-26(32)38(40)29-17-5-11-23-35(29)43-36-24-12-6-18-30(36)38/h1-24,39-40H. The van der Waals surface area contributed by atoms with Gasteiger partial charge in [-0.25, -0.2) is 0 Å². The highest BCUT2D eigenvalue weighted by Gasteiger charge is 2.45.